The lowest BCUT2D eigenvalue weighted by Crippen LogP contribution is -2.37. The van der Waals surface area contributed by atoms with E-state index in [1.165, 1.54) is 0 Å². The van der Waals surface area contributed by atoms with Gasteiger partial charge in [-0.1, -0.05) is 0 Å². The van der Waals surface area contributed by atoms with Crippen LogP contribution in [0.25, 0.3) is 11.5 Å². The molecule has 0 aliphatic rings. The summed E-state index contributed by atoms with van der Waals surface area (Å²) in [5.41, 5.74) is 0.112. The minimum Gasteiger partial charge on any atom is -0.446 e. The van der Waals surface area contributed by atoms with E-state index in [1.54, 1.807) is 6.20 Å². The van der Waals surface area contributed by atoms with E-state index in [-0.39, 0.29) is 5.54 Å². The third kappa shape index (κ3) is 3.71. The van der Waals surface area contributed by atoms with Crippen LogP contribution in [-0.4, -0.2) is 17.1 Å². The molecular formula is C13H17BrN2O2. The first-order chi connectivity index (χ1) is 8.44. The van der Waals surface area contributed by atoms with E-state index in [0.717, 1.165) is 13.0 Å². The van der Waals surface area contributed by atoms with E-state index in [2.05, 4.69) is 47.0 Å². The minimum atomic E-state index is 0.112. The number of oxazole rings is 1. The smallest absolute Gasteiger partial charge is 0.196 e. The molecule has 2 rings (SSSR count). The Balaban J connectivity index is 1.94. The van der Waals surface area contributed by atoms with Gasteiger partial charge in [-0.3, -0.25) is 0 Å². The van der Waals surface area contributed by atoms with E-state index in [0.29, 0.717) is 22.1 Å². The fraction of sp³-hybridized carbons (Fsp3) is 0.462. The Hall–Kier alpha value is -1.07. The molecule has 0 saturated carbocycles. The standard InChI is InChI=1S/C13H17BrN2O2/c1-13(2,3)16-7-6-12-15-8-10(18-12)9-4-5-11(14)17-9/h4-5,8,16H,6-7H2,1-3H3. The zero-order valence-corrected chi connectivity index (χ0v) is 12.4. The quantitative estimate of drug-likeness (QED) is 0.936. The molecule has 0 aliphatic heterocycles. The molecule has 0 bridgehead atoms. The highest BCUT2D eigenvalue weighted by Crippen LogP contribution is 2.25. The number of nitrogens with zero attached hydrogens (tertiary/aromatic N) is 1. The third-order valence-electron chi connectivity index (χ3n) is 2.36. The number of furan rings is 1. The van der Waals surface area contributed by atoms with Crippen molar-refractivity contribution in [3.63, 3.8) is 0 Å². The number of hydrogen-bond donors (Lipinski definition) is 1. The SMILES string of the molecule is CC(C)(C)NCCc1ncc(-c2ccc(Br)o2)o1. The van der Waals surface area contributed by atoms with Gasteiger partial charge >= 0.3 is 0 Å². The van der Waals surface area contributed by atoms with Crippen LogP contribution >= 0.6 is 15.9 Å². The second-order valence-electron chi connectivity index (χ2n) is 5.15. The Morgan fingerprint density at radius 3 is 2.61 bits per heavy atom. The van der Waals surface area contributed by atoms with Gasteiger partial charge in [0.1, 0.15) is 0 Å². The molecule has 0 unspecified atom stereocenters. The lowest BCUT2D eigenvalue weighted by atomic mass is 10.1. The summed E-state index contributed by atoms with van der Waals surface area (Å²) in [7, 11) is 0. The summed E-state index contributed by atoms with van der Waals surface area (Å²) >= 11 is 3.26. The molecule has 4 nitrogen and oxygen atoms in total. The molecule has 2 heterocycles. The molecule has 0 fully saturated rings. The van der Waals surface area contributed by atoms with Gasteiger partial charge in [-0.25, -0.2) is 4.98 Å². The molecular weight excluding hydrogens is 296 g/mol. The zero-order chi connectivity index (χ0) is 13.2. The second kappa shape index (κ2) is 5.28. The number of nitrogens with one attached hydrogen (secondary N) is 1. The van der Waals surface area contributed by atoms with Crippen LogP contribution in [0, 0.1) is 0 Å². The van der Waals surface area contributed by atoms with Crippen molar-refractivity contribution < 1.29 is 8.83 Å². The molecule has 0 amide bonds. The van der Waals surface area contributed by atoms with Crippen LogP contribution in [0.1, 0.15) is 26.7 Å². The Morgan fingerprint density at radius 1 is 1.22 bits per heavy atom. The van der Waals surface area contributed by atoms with E-state index in [4.69, 9.17) is 8.83 Å². The molecule has 1 N–H and O–H groups in total. The average Bonchev–Trinajstić information content (AvgIpc) is 2.85. The van der Waals surface area contributed by atoms with Crippen molar-refractivity contribution in [3.05, 3.63) is 28.9 Å². The van der Waals surface area contributed by atoms with E-state index in [9.17, 15) is 0 Å². The number of halogens is 1. The van der Waals surface area contributed by atoms with Crippen molar-refractivity contribution in [1.82, 2.24) is 10.3 Å². The molecule has 2 aromatic rings. The molecule has 98 valence electrons. The first-order valence-corrected chi connectivity index (χ1v) is 6.69. The molecule has 0 atom stereocenters. The van der Waals surface area contributed by atoms with Gasteiger partial charge in [0, 0.05) is 18.5 Å². The summed E-state index contributed by atoms with van der Waals surface area (Å²) in [5, 5.41) is 3.39. The third-order valence-corrected chi connectivity index (χ3v) is 2.79. The summed E-state index contributed by atoms with van der Waals surface area (Å²) in [5.74, 6) is 2.06. The number of rotatable bonds is 4. The first-order valence-electron chi connectivity index (χ1n) is 5.89. The summed E-state index contributed by atoms with van der Waals surface area (Å²) < 4.78 is 11.7. The Labute approximate surface area is 115 Å². The van der Waals surface area contributed by atoms with E-state index < -0.39 is 0 Å². The van der Waals surface area contributed by atoms with Gasteiger partial charge in [0.2, 0.25) is 0 Å². The van der Waals surface area contributed by atoms with E-state index >= 15 is 0 Å². The summed E-state index contributed by atoms with van der Waals surface area (Å²) in [6.07, 6.45) is 2.46. The molecule has 2 aromatic heterocycles. The van der Waals surface area contributed by atoms with Crippen molar-refractivity contribution in [2.45, 2.75) is 32.7 Å². The first kappa shape index (κ1) is 13.4. The van der Waals surface area contributed by atoms with Crippen LogP contribution in [0.3, 0.4) is 0 Å². The summed E-state index contributed by atoms with van der Waals surface area (Å²) in [6.45, 7) is 7.24. The number of hydrogen-bond acceptors (Lipinski definition) is 4. The monoisotopic (exact) mass is 312 g/mol. The lowest BCUT2D eigenvalue weighted by Gasteiger charge is -2.19. The average molecular weight is 313 g/mol. The van der Waals surface area contributed by atoms with Gasteiger partial charge in [-0.2, -0.15) is 0 Å². The molecule has 0 aliphatic carbocycles. The molecule has 5 heteroatoms. The van der Waals surface area contributed by atoms with Crippen molar-refractivity contribution in [2.24, 2.45) is 0 Å². The fourth-order valence-electron chi connectivity index (χ4n) is 1.53. The van der Waals surface area contributed by atoms with Crippen LogP contribution in [0.4, 0.5) is 0 Å². The van der Waals surface area contributed by atoms with Crippen LogP contribution in [0.15, 0.2) is 31.8 Å². The highest BCUT2D eigenvalue weighted by molar-refractivity contribution is 9.10. The predicted octanol–water partition coefficient (Wildman–Crippen LogP) is 3.63. The van der Waals surface area contributed by atoms with Crippen LogP contribution < -0.4 is 5.32 Å². The van der Waals surface area contributed by atoms with Crippen LogP contribution in [-0.2, 0) is 6.42 Å². The lowest BCUT2D eigenvalue weighted by molar-refractivity contribution is 0.409. The zero-order valence-electron chi connectivity index (χ0n) is 10.8. The normalized spacial score (nSPS) is 12.0. The Morgan fingerprint density at radius 2 is 2.00 bits per heavy atom. The van der Waals surface area contributed by atoms with Crippen molar-refractivity contribution >= 4 is 15.9 Å². The number of aromatic nitrogens is 1. The molecule has 0 aromatic carbocycles. The van der Waals surface area contributed by atoms with Crippen LogP contribution in [0.5, 0.6) is 0 Å². The Kier molecular flexibility index (Phi) is 3.92. The van der Waals surface area contributed by atoms with Gasteiger partial charge in [0.05, 0.1) is 6.20 Å². The maximum atomic E-state index is 5.63. The molecule has 0 saturated heterocycles. The Bertz CT molecular complexity index is 511. The summed E-state index contributed by atoms with van der Waals surface area (Å²) in [4.78, 5) is 4.24. The van der Waals surface area contributed by atoms with Gasteiger partial charge in [0.15, 0.2) is 22.1 Å². The van der Waals surface area contributed by atoms with Crippen LogP contribution in [0.2, 0.25) is 0 Å². The van der Waals surface area contributed by atoms with Gasteiger partial charge in [-0.15, -0.1) is 0 Å². The highest BCUT2D eigenvalue weighted by Gasteiger charge is 2.12. The fourth-order valence-corrected chi connectivity index (χ4v) is 1.84. The van der Waals surface area contributed by atoms with Gasteiger partial charge in [-0.05, 0) is 48.8 Å². The predicted molar refractivity (Wildman–Crippen MR) is 73.4 cm³/mol. The minimum absolute atomic E-state index is 0.112. The maximum absolute atomic E-state index is 5.63. The second-order valence-corrected chi connectivity index (χ2v) is 5.93. The molecule has 18 heavy (non-hydrogen) atoms. The van der Waals surface area contributed by atoms with Crippen molar-refractivity contribution in [1.29, 1.82) is 0 Å². The molecule has 0 radical (unpaired) electrons. The highest BCUT2D eigenvalue weighted by atomic mass is 79.9. The topological polar surface area (TPSA) is 51.2 Å². The van der Waals surface area contributed by atoms with E-state index in [1.807, 2.05) is 12.1 Å². The van der Waals surface area contributed by atoms with Gasteiger partial charge in [0.25, 0.3) is 0 Å². The van der Waals surface area contributed by atoms with Crippen molar-refractivity contribution in [3.8, 4) is 11.5 Å². The largest absolute Gasteiger partial charge is 0.446 e. The summed E-state index contributed by atoms with van der Waals surface area (Å²) in [6, 6.07) is 3.68. The van der Waals surface area contributed by atoms with Crippen molar-refractivity contribution in [2.75, 3.05) is 6.54 Å². The molecule has 0 spiro atoms. The van der Waals surface area contributed by atoms with Gasteiger partial charge < -0.3 is 14.2 Å². The maximum Gasteiger partial charge on any atom is 0.196 e.